The summed E-state index contributed by atoms with van der Waals surface area (Å²) < 4.78 is 10.7. The van der Waals surface area contributed by atoms with Crippen molar-refractivity contribution in [1.82, 2.24) is 5.32 Å². The molecule has 1 fully saturated rings. The van der Waals surface area contributed by atoms with Crippen molar-refractivity contribution >= 4 is 11.9 Å². The molecule has 1 N–H and O–H groups in total. The van der Waals surface area contributed by atoms with Gasteiger partial charge in [0.15, 0.2) is 0 Å². The molecule has 0 amide bonds. The van der Waals surface area contributed by atoms with Crippen molar-refractivity contribution in [1.29, 1.82) is 0 Å². The number of nitrogens with one attached hydrogen (secondary N) is 1. The lowest BCUT2D eigenvalue weighted by molar-refractivity contribution is -0.170. The molecule has 1 heterocycles. The van der Waals surface area contributed by atoms with Crippen LogP contribution < -0.4 is 5.32 Å². The van der Waals surface area contributed by atoms with E-state index in [1.807, 2.05) is 41.5 Å². The first-order valence-corrected chi connectivity index (χ1v) is 7.22. The minimum atomic E-state index is -0.679. The van der Waals surface area contributed by atoms with Crippen molar-refractivity contribution in [2.24, 2.45) is 5.41 Å². The standard InChI is InChI=1S/C15H27NO4/c1-7-15(8-2)12(18)20-10-14(6,16-15)9-19-11(17)13(3,4)5/h16H,7-10H2,1-6H3. The Balaban J connectivity index is 2.75. The number of rotatable bonds is 4. The molecule has 20 heavy (non-hydrogen) atoms. The van der Waals surface area contributed by atoms with E-state index >= 15 is 0 Å². The number of esters is 2. The summed E-state index contributed by atoms with van der Waals surface area (Å²) >= 11 is 0. The minimum absolute atomic E-state index is 0.193. The monoisotopic (exact) mass is 285 g/mol. The largest absolute Gasteiger partial charge is 0.463 e. The Hall–Kier alpha value is -1.10. The van der Waals surface area contributed by atoms with E-state index in [4.69, 9.17) is 9.47 Å². The molecule has 0 saturated carbocycles. The second kappa shape index (κ2) is 5.72. The number of cyclic esters (lactones) is 1. The third-order valence-corrected chi connectivity index (χ3v) is 3.79. The SMILES string of the molecule is CCC1(CC)NC(C)(COC(=O)C(C)(C)C)COC1=O. The Morgan fingerprint density at radius 3 is 2.35 bits per heavy atom. The molecule has 0 spiro atoms. The quantitative estimate of drug-likeness (QED) is 0.801. The van der Waals surface area contributed by atoms with Gasteiger partial charge in [0.25, 0.3) is 0 Å². The lowest BCUT2D eigenvalue weighted by atomic mass is 9.86. The van der Waals surface area contributed by atoms with E-state index in [0.29, 0.717) is 12.8 Å². The Kier molecular flexibility index (Phi) is 4.85. The summed E-state index contributed by atoms with van der Waals surface area (Å²) in [5.74, 6) is -0.474. The molecule has 1 rings (SSSR count). The normalized spacial score (nSPS) is 26.0. The van der Waals surface area contributed by atoms with E-state index in [1.165, 1.54) is 0 Å². The van der Waals surface area contributed by atoms with Gasteiger partial charge in [-0.25, -0.2) is 0 Å². The van der Waals surface area contributed by atoms with Gasteiger partial charge in [0.1, 0.15) is 18.8 Å². The third-order valence-electron chi connectivity index (χ3n) is 3.79. The zero-order valence-corrected chi connectivity index (χ0v) is 13.5. The predicted octanol–water partition coefficient (Wildman–Crippen LogP) is 2.04. The molecular weight excluding hydrogens is 258 g/mol. The van der Waals surface area contributed by atoms with Gasteiger partial charge in [-0.3, -0.25) is 14.9 Å². The number of hydrogen-bond donors (Lipinski definition) is 1. The molecule has 5 nitrogen and oxygen atoms in total. The Morgan fingerprint density at radius 1 is 1.35 bits per heavy atom. The van der Waals surface area contributed by atoms with Gasteiger partial charge >= 0.3 is 11.9 Å². The molecule has 5 heteroatoms. The number of carbonyl (C=O) groups excluding carboxylic acids is 2. The highest BCUT2D eigenvalue weighted by Crippen LogP contribution is 2.27. The highest BCUT2D eigenvalue weighted by Gasteiger charge is 2.48. The molecule has 0 radical (unpaired) electrons. The average Bonchev–Trinajstić information content (AvgIpc) is 2.38. The second-order valence-corrected chi connectivity index (χ2v) is 6.88. The molecule has 1 aliphatic heterocycles. The summed E-state index contributed by atoms with van der Waals surface area (Å²) in [5, 5.41) is 3.35. The van der Waals surface area contributed by atoms with E-state index < -0.39 is 16.5 Å². The van der Waals surface area contributed by atoms with Crippen LogP contribution in [-0.2, 0) is 19.1 Å². The van der Waals surface area contributed by atoms with E-state index in [0.717, 1.165) is 0 Å². The molecule has 0 aromatic rings. The molecule has 1 aliphatic rings. The summed E-state index contributed by atoms with van der Waals surface area (Å²) in [6.07, 6.45) is 1.29. The van der Waals surface area contributed by atoms with E-state index in [-0.39, 0.29) is 25.2 Å². The Labute approximate surface area is 121 Å². The summed E-state index contributed by atoms with van der Waals surface area (Å²) in [4.78, 5) is 23.8. The number of hydrogen-bond acceptors (Lipinski definition) is 5. The second-order valence-electron chi connectivity index (χ2n) is 6.88. The van der Waals surface area contributed by atoms with Gasteiger partial charge < -0.3 is 9.47 Å². The zero-order chi connectivity index (χ0) is 15.6. The van der Waals surface area contributed by atoms with Crippen LogP contribution >= 0.6 is 0 Å². The van der Waals surface area contributed by atoms with Crippen molar-refractivity contribution in [3.8, 4) is 0 Å². The van der Waals surface area contributed by atoms with Gasteiger partial charge in [0, 0.05) is 0 Å². The van der Waals surface area contributed by atoms with Crippen molar-refractivity contribution in [3.63, 3.8) is 0 Å². The maximum Gasteiger partial charge on any atom is 0.326 e. The number of ether oxygens (including phenoxy) is 2. The minimum Gasteiger partial charge on any atom is -0.463 e. The number of morpholine rings is 1. The van der Waals surface area contributed by atoms with Gasteiger partial charge in [0.05, 0.1) is 11.0 Å². The third kappa shape index (κ3) is 3.51. The number of carbonyl (C=O) groups is 2. The van der Waals surface area contributed by atoms with E-state index in [2.05, 4.69) is 5.32 Å². The van der Waals surface area contributed by atoms with Gasteiger partial charge in [0.2, 0.25) is 0 Å². The fourth-order valence-electron chi connectivity index (χ4n) is 2.26. The van der Waals surface area contributed by atoms with Crippen LogP contribution in [0.15, 0.2) is 0 Å². The smallest absolute Gasteiger partial charge is 0.326 e. The summed E-state index contributed by atoms with van der Waals surface area (Å²) in [6.45, 7) is 11.7. The van der Waals surface area contributed by atoms with Gasteiger partial charge in [-0.1, -0.05) is 13.8 Å². The Bertz CT molecular complexity index is 382. The van der Waals surface area contributed by atoms with Crippen molar-refractivity contribution in [2.45, 2.75) is 65.5 Å². The van der Waals surface area contributed by atoms with Crippen molar-refractivity contribution in [2.75, 3.05) is 13.2 Å². The fraction of sp³-hybridized carbons (Fsp3) is 0.867. The maximum absolute atomic E-state index is 12.0. The van der Waals surface area contributed by atoms with Crippen LogP contribution in [0.4, 0.5) is 0 Å². The molecule has 1 saturated heterocycles. The molecular formula is C15H27NO4. The van der Waals surface area contributed by atoms with Gasteiger partial charge in [-0.05, 0) is 40.5 Å². The van der Waals surface area contributed by atoms with Crippen LogP contribution in [0.2, 0.25) is 0 Å². The van der Waals surface area contributed by atoms with Crippen LogP contribution in [0.25, 0.3) is 0 Å². The van der Waals surface area contributed by atoms with Crippen LogP contribution in [0, 0.1) is 5.41 Å². The summed E-state index contributed by atoms with van der Waals surface area (Å²) in [5.41, 5.74) is -1.75. The molecule has 0 aromatic carbocycles. The van der Waals surface area contributed by atoms with E-state index in [9.17, 15) is 9.59 Å². The topological polar surface area (TPSA) is 64.6 Å². The summed E-state index contributed by atoms with van der Waals surface area (Å²) in [7, 11) is 0. The first-order valence-electron chi connectivity index (χ1n) is 7.22. The molecule has 0 bridgehead atoms. The highest BCUT2D eigenvalue weighted by molar-refractivity contribution is 5.82. The molecule has 1 atom stereocenters. The first-order chi connectivity index (χ1) is 9.08. The fourth-order valence-corrected chi connectivity index (χ4v) is 2.26. The van der Waals surface area contributed by atoms with Crippen LogP contribution in [0.3, 0.4) is 0 Å². The lowest BCUT2D eigenvalue weighted by Crippen LogP contribution is -2.68. The van der Waals surface area contributed by atoms with Crippen LogP contribution in [0.5, 0.6) is 0 Å². The van der Waals surface area contributed by atoms with Crippen molar-refractivity contribution in [3.05, 3.63) is 0 Å². The first kappa shape index (κ1) is 17.0. The van der Waals surface area contributed by atoms with Crippen molar-refractivity contribution < 1.29 is 19.1 Å². The average molecular weight is 285 g/mol. The predicted molar refractivity (Wildman–Crippen MR) is 76.2 cm³/mol. The molecule has 0 aliphatic carbocycles. The van der Waals surface area contributed by atoms with Gasteiger partial charge in [-0.15, -0.1) is 0 Å². The van der Waals surface area contributed by atoms with Gasteiger partial charge in [-0.2, -0.15) is 0 Å². The molecule has 0 aromatic heterocycles. The highest BCUT2D eigenvalue weighted by atomic mass is 16.6. The summed E-state index contributed by atoms with van der Waals surface area (Å²) in [6, 6.07) is 0. The maximum atomic E-state index is 12.0. The van der Waals surface area contributed by atoms with Crippen LogP contribution in [-0.4, -0.2) is 36.2 Å². The van der Waals surface area contributed by atoms with E-state index in [1.54, 1.807) is 0 Å². The molecule has 1 unspecified atom stereocenters. The Morgan fingerprint density at radius 2 is 1.90 bits per heavy atom. The lowest BCUT2D eigenvalue weighted by Gasteiger charge is -2.45. The van der Waals surface area contributed by atoms with Crippen LogP contribution in [0.1, 0.15) is 54.4 Å². The zero-order valence-electron chi connectivity index (χ0n) is 13.5. The molecule has 116 valence electrons.